The van der Waals surface area contributed by atoms with Crippen molar-refractivity contribution < 1.29 is 9.47 Å². The Hall–Kier alpha value is -1.29. The molecule has 0 saturated heterocycles. The summed E-state index contributed by atoms with van der Waals surface area (Å²) >= 11 is 0. The van der Waals surface area contributed by atoms with E-state index in [1.807, 2.05) is 26.0 Å². The number of nitrogens with two attached hydrogens (primary N) is 1. The molecule has 90 valence electrons. The van der Waals surface area contributed by atoms with Gasteiger partial charge in [-0.2, -0.15) is 0 Å². The van der Waals surface area contributed by atoms with Crippen molar-refractivity contribution in [2.24, 2.45) is 5.73 Å². The van der Waals surface area contributed by atoms with E-state index >= 15 is 0 Å². The van der Waals surface area contributed by atoms with Crippen molar-refractivity contribution in [2.75, 3.05) is 13.2 Å². The van der Waals surface area contributed by atoms with Gasteiger partial charge in [0.25, 0.3) is 5.88 Å². The molecule has 16 heavy (non-hydrogen) atoms. The maximum Gasteiger partial charge on any atom is 0.257 e. The van der Waals surface area contributed by atoms with Crippen LogP contribution in [0.1, 0.15) is 27.2 Å². The Kier molecular flexibility index (Phi) is 4.55. The van der Waals surface area contributed by atoms with Crippen molar-refractivity contribution in [1.82, 2.24) is 4.98 Å². The van der Waals surface area contributed by atoms with Gasteiger partial charge in [-0.1, -0.05) is 6.92 Å². The number of rotatable bonds is 6. The van der Waals surface area contributed by atoms with E-state index in [-0.39, 0.29) is 5.54 Å². The third kappa shape index (κ3) is 4.49. The molecular formula is C12H20N2O2. The summed E-state index contributed by atoms with van der Waals surface area (Å²) in [7, 11) is 0. The van der Waals surface area contributed by atoms with Gasteiger partial charge < -0.3 is 15.2 Å². The first kappa shape index (κ1) is 12.8. The van der Waals surface area contributed by atoms with Crippen LogP contribution in [0.5, 0.6) is 11.6 Å². The molecule has 0 aromatic carbocycles. The molecule has 1 aromatic rings. The van der Waals surface area contributed by atoms with Crippen LogP contribution in [0.3, 0.4) is 0 Å². The third-order valence-corrected chi connectivity index (χ3v) is 1.78. The van der Waals surface area contributed by atoms with Crippen LogP contribution in [0, 0.1) is 0 Å². The Morgan fingerprint density at radius 1 is 1.38 bits per heavy atom. The summed E-state index contributed by atoms with van der Waals surface area (Å²) in [5.74, 6) is 1.18. The lowest BCUT2D eigenvalue weighted by Crippen LogP contribution is -2.38. The molecule has 0 aliphatic carbocycles. The lowest BCUT2D eigenvalue weighted by atomic mass is 10.1. The molecule has 2 N–H and O–H groups in total. The zero-order valence-corrected chi connectivity index (χ0v) is 10.2. The van der Waals surface area contributed by atoms with Crippen LogP contribution in [0.25, 0.3) is 0 Å². The second kappa shape index (κ2) is 5.70. The van der Waals surface area contributed by atoms with Crippen LogP contribution in [-0.4, -0.2) is 23.7 Å². The van der Waals surface area contributed by atoms with Crippen LogP contribution in [0.2, 0.25) is 0 Å². The topological polar surface area (TPSA) is 57.4 Å². The number of aromatic nitrogens is 1. The Morgan fingerprint density at radius 3 is 2.75 bits per heavy atom. The van der Waals surface area contributed by atoms with E-state index in [4.69, 9.17) is 15.2 Å². The fourth-order valence-corrected chi connectivity index (χ4v) is 1.06. The summed E-state index contributed by atoms with van der Waals surface area (Å²) in [6.07, 6.45) is 2.63. The Balaban J connectivity index is 2.63. The average molecular weight is 224 g/mol. The van der Waals surface area contributed by atoms with E-state index in [0.717, 1.165) is 6.42 Å². The van der Waals surface area contributed by atoms with Gasteiger partial charge in [-0.15, -0.1) is 0 Å². The first-order valence-electron chi connectivity index (χ1n) is 5.52. The highest BCUT2D eigenvalue weighted by atomic mass is 16.5. The molecule has 0 radical (unpaired) electrons. The summed E-state index contributed by atoms with van der Waals surface area (Å²) in [6.45, 7) is 6.94. The molecule has 0 aliphatic heterocycles. The monoisotopic (exact) mass is 224 g/mol. The summed E-state index contributed by atoms with van der Waals surface area (Å²) in [5.41, 5.74) is 5.46. The summed E-state index contributed by atoms with van der Waals surface area (Å²) in [5, 5.41) is 0. The predicted molar refractivity (Wildman–Crippen MR) is 63.8 cm³/mol. The summed E-state index contributed by atoms with van der Waals surface area (Å²) in [4.78, 5) is 4.13. The highest BCUT2D eigenvalue weighted by molar-refractivity contribution is 5.32. The van der Waals surface area contributed by atoms with Crippen molar-refractivity contribution >= 4 is 0 Å². The quantitative estimate of drug-likeness (QED) is 0.802. The van der Waals surface area contributed by atoms with Crippen molar-refractivity contribution in [3.63, 3.8) is 0 Å². The van der Waals surface area contributed by atoms with Crippen LogP contribution in [0.15, 0.2) is 18.3 Å². The van der Waals surface area contributed by atoms with E-state index in [2.05, 4.69) is 11.9 Å². The standard InChI is InChI=1S/C12H20N2O2/c1-4-8-15-10-6-5-7-14-11(10)16-9-12(2,3)13/h5-7H,4,8-9,13H2,1-3H3. The average Bonchev–Trinajstić information content (AvgIpc) is 2.23. The van der Waals surface area contributed by atoms with Crippen molar-refractivity contribution in [3.8, 4) is 11.6 Å². The zero-order chi connectivity index (χ0) is 12.0. The summed E-state index contributed by atoms with van der Waals surface area (Å²) < 4.78 is 11.1. The lowest BCUT2D eigenvalue weighted by molar-refractivity contribution is 0.216. The molecule has 0 atom stereocenters. The fourth-order valence-electron chi connectivity index (χ4n) is 1.06. The smallest absolute Gasteiger partial charge is 0.257 e. The number of pyridine rings is 1. The van der Waals surface area contributed by atoms with Gasteiger partial charge in [0, 0.05) is 11.7 Å². The molecule has 0 saturated carbocycles. The molecule has 0 fully saturated rings. The lowest BCUT2D eigenvalue weighted by Gasteiger charge is -2.19. The van der Waals surface area contributed by atoms with Crippen molar-refractivity contribution in [2.45, 2.75) is 32.7 Å². The minimum absolute atomic E-state index is 0.375. The van der Waals surface area contributed by atoms with Gasteiger partial charge in [0.05, 0.1) is 6.61 Å². The molecule has 1 aromatic heterocycles. The van der Waals surface area contributed by atoms with Gasteiger partial charge >= 0.3 is 0 Å². The molecule has 0 aliphatic rings. The Bertz CT molecular complexity index is 321. The van der Waals surface area contributed by atoms with Gasteiger partial charge in [-0.3, -0.25) is 0 Å². The highest BCUT2D eigenvalue weighted by Crippen LogP contribution is 2.24. The Labute approximate surface area is 96.8 Å². The van der Waals surface area contributed by atoms with Crippen LogP contribution >= 0.6 is 0 Å². The van der Waals surface area contributed by atoms with Gasteiger partial charge in [0.15, 0.2) is 5.75 Å². The number of nitrogens with zero attached hydrogens (tertiary/aromatic N) is 1. The minimum Gasteiger partial charge on any atom is -0.488 e. The highest BCUT2D eigenvalue weighted by Gasteiger charge is 2.14. The largest absolute Gasteiger partial charge is 0.488 e. The molecular weight excluding hydrogens is 204 g/mol. The van der Waals surface area contributed by atoms with E-state index < -0.39 is 0 Å². The zero-order valence-electron chi connectivity index (χ0n) is 10.2. The van der Waals surface area contributed by atoms with E-state index in [1.54, 1.807) is 6.20 Å². The van der Waals surface area contributed by atoms with E-state index in [0.29, 0.717) is 24.8 Å². The maximum atomic E-state index is 5.84. The van der Waals surface area contributed by atoms with Gasteiger partial charge in [0.1, 0.15) is 6.61 Å². The molecule has 0 amide bonds. The first-order valence-corrected chi connectivity index (χ1v) is 5.52. The number of hydrogen-bond acceptors (Lipinski definition) is 4. The normalized spacial score (nSPS) is 11.2. The summed E-state index contributed by atoms with van der Waals surface area (Å²) in [6, 6.07) is 3.67. The van der Waals surface area contributed by atoms with Gasteiger partial charge in [-0.25, -0.2) is 4.98 Å². The number of hydrogen-bond donors (Lipinski definition) is 1. The predicted octanol–water partition coefficient (Wildman–Crippen LogP) is 1.99. The molecule has 1 rings (SSSR count). The molecule has 4 heteroatoms. The van der Waals surface area contributed by atoms with Gasteiger partial charge in [-0.05, 0) is 32.4 Å². The van der Waals surface area contributed by atoms with Crippen molar-refractivity contribution in [3.05, 3.63) is 18.3 Å². The Morgan fingerprint density at radius 2 is 2.12 bits per heavy atom. The fraction of sp³-hybridized carbons (Fsp3) is 0.583. The van der Waals surface area contributed by atoms with E-state index in [1.165, 1.54) is 0 Å². The number of ether oxygens (including phenoxy) is 2. The molecule has 0 unspecified atom stereocenters. The molecule has 0 spiro atoms. The third-order valence-electron chi connectivity index (χ3n) is 1.78. The molecule has 1 heterocycles. The molecule has 4 nitrogen and oxygen atoms in total. The van der Waals surface area contributed by atoms with Crippen LogP contribution < -0.4 is 15.2 Å². The van der Waals surface area contributed by atoms with Gasteiger partial charge in [0.2, 0.25) is 0 Å². The van der Waals surface area contributed by atoms with Crippen LogP contribution in [0.4, 0.5) is 0 Å². The van der Waals surface area contributed by atoms with E-state index in [9.17, 15) is 0 Å². The maximum absolute atomic E-state index is 5.84. The molecule has 0 bridgehead atoms. The second-order valence-corrected chi connectivity index (χ2v) is 4.43. The van der Waals surface area contributed by atoms with Crippen LogP contribution in [-0.2, 0) is 0 Å². The minimum atomic E-state index is -0.375. The SMILES string of the molecule is CCCOc1cccnc1OCC(C)(C)N. The van der Waals surface area contributed by atoms with Crippen molar-refractivity contribution in [1.29, 1.82) is 0 Å². The first-order chi connectivity index (χ1) is 7.53. The second-order valence-electron chi connectivity index (χ2n) is 4.43.